The third kappa shape index (κ3) is 2.25. The third-order valence-corrected chi connectivity index (χ3v) is 3.88. The minimum absolute atomic E-state index is 0.561. The highest BCUT2D eigenvalue weighted by atomic mass is 16.5. The van der Waals surface area contributed by atoms with Crippen molar-refractivity contribution >= 4 is 11.8 Å². The minimum atomic E-state index is -0.797. The van der Waals surface area contributed by atoms with E-state index in [1.807, 2.05) is 25.1 Å². The molecule has 1 aliphatic rings. The number of hydrogen-bond acceptors (Lipinski definition) is 3. The molecule has 3 nitrogen and oxygen atoms in total. The number of carbonyl (C=O) groups excluding carboxylic acids is 2. The molecule has 0 N–H and O–H groups in total. The smallest absolute Gasteiger partial charge is 0.379 e. The average Bonchev–Trinajstić information content (AvgIpc) is 2.86. The fourth-order valence-corrected chi connectivity index (χ4v) is 2.80. The second kappa shape index (κ2) is 5.17. The highest BCUT2D eigenvalue weighted by Crippen LogP contribution is 2.42. The Morgan fingerprint density at radius 2 is 1.86 bits per heavy atom. The van der Waals surface area contributed by atoms with Crippen molar-refractivity contribution in [3.63, 3.8) is 0 Å². The van der Waals surface area contributed by atoms with Crippen LogP contribution in [-0.2, 0) is 22.4 Å². The van der Waals surface area contributed by atoms with Gasteiger partial charge >= 0.3 is 5.97 Å². The Balaban J connectivity index is 2.12. The molecule has 0 unspecified atom stereocenters. The predicted molar refractivity (Wildman–Crippen MR) is 80.4 cm³/mol. The number of benzene rings is 2. The Labute approximate surface area is 123 Å². The van der Waals surface area contributed by atoms with Crippen molar-refractivity contribution in [3.8, 4) is 16.9 Å². The molecule has 3 rings (SSSR count). The number of aryl methyl sites for hydroxylation is 1. The van der Waals surface area contributed by atoms with Crippen LogP contribution in [0.5, 0.6) is 5.75 Å². The lowest BCUT2D eigenvalue weighted by Crippen LogP contribution is -2.18. The van der Waals surface area contributed by atoms with E-state index < -0.39 is 11.8 Å². The van der Waals surface area contributed by atoms with E-state index in [1.165, 1.54) is 18.1 Å². The zero-order valence-corrected chi connectivity index (χ0v) is 12.1. The van der Waals surface area contributed by atoms with E-state index in [4.69, 9.17) is 4.74 Å². The standard InChI is InChI=1S/C18H16O3/c1-3-12-8-9-15-14-7-5-4-6-13(14)10-16(15)17(12)21-18(20)11(2)19/h4-9H,3,10H2,1-2H3. The van der Waals surface area contributed by atoms with E-state index in [9.17, 15) is 9.59 Å². The van der Waals surface area contributed by atoms with Gasteiger partial charge in [-0.2, -0.15) is 0 Å². The maximum Gasteiger partial charge on any atom is 0.379 e. The quantitative estimate of drug-likeness (QED) is 0.420. The summed E-state index contributed by atoms with van der Waals surface area (Å²) in [5, 5.41) is 0. The largest absolute Gasteiger partial charge is 0.420 e. The van der Waals surface area contributed by atoms with Crippen LogP contribution in [0.2, 0.25) is 0 Å². The van der Waals surface area contributed by atoms with Crippen LogP contribution in [0.3, 0.4) is 0 Å². The van der Waals surface area contributed by atoms with Gasteiger partial charge in [0.15, 0.2) is 0 Å². The number of hydrogen-bond donors (Lipinski definition) is 0. The van der Waals surface area contributed by atoms with Crippen molar-refractivity contribution in [1.82, 2.24) is 0 Å². The van der Waals surface area contributed by atoms with Crippen molar-refractivity contribution in [1.29, 1.82) is 0 Å². The molecule has 0 aromatic heterocycles. The van der Waals surface area contributed by atoms with Gasteiger partial charge in [-0.05, 0) is 28.7 Å². The van der Waals surface area contributed by atoms with Gasteiger partial charge in [0.1, 0.15) is 5.75 Å². The van der Waals surface area contributed by atoms with Gasteiger partial charge in [0.05, 0.1) is 0 Å². The molecule has 0 bridgehead atoms. The molecule has 2 aromatic carbocycles. The maximum atomic E-state index is 11.7. The number of carbonyl (C=O) groups is 2. The summed E-state index contributed by atoms with van der Waals surface area (Å²) in [6.07, 6.45) is 1.49. The van der Waals surface area contributed by atoms with Crippen LogP contribution in [0.4, 0.5) is 0 Å². The second-order valence-electron chi connectivity index (χ2n) is 5.21. The number of Topliss-reactive ketones (excluding diaryl/α,β-unsaturated/α-hetero) is 1. The Morgan fingerprint density at radius 3 is 2.57 bits per heavy atom. The number of ketones is 1. The first kappa shape index (κ1) is 13.6. The maximum absolute atomic E-state index is 11.7. The van der Waals surface area contributed by atoms with E-state index in [-0.39, 0.29) is 0 Å². The predicted octanol–water partition coefficient (Wildman–Crippen LogP) is 3.31. The lowest BCUT2D eigenvalue weighted by atomic mass is 10.0. The van der Waals surface area contributed by atoms with Gasteiger partial charge in [0.25, 0.3) is 0 Å². The Bertz CT molecular complexity index is 744. The first-order valence-electron chi connectivity index (χ1n) is 7.07. The summed E-state index contributed by atoms with van der Waals surface area (Å²) >= 11 is 0. The summed E-state index contributed by atoms with van der Waals surface area (Å²) < 4.78 is 5.38. The fourth-order valence-electron chi connectivity index (χ4n) is 2.80. The zero-order chi connectivity index (χ0) is 15.0. The molecule has 0 saturated heterocycles. The molecule has 0 fully saturated rings. The molecule has 0 spiro atoms. The van der Waals surface area contributed by atoms with E-state index in [2.05, 4.69) is 18.2 Å². The summed E-state index contributed by atoms with van der Waals surface area (Å²) in [6.45, 7) is 3.24. The monoisotopic (exact) mass is 280 g/mol. The Kier molecular flexibility index (Phi) is 3.34. The lowest BCUT2D eigenvalue weighted by Gasteiger charge is -2.13. The van der Waals surface area contributed by atoms with Gasteiger partial charge in [0.2, 0.25) is 5.78 Å². The number of ether oxygens (including phenoxy) is 1. The molecule has 1 aliphatic carbocycles. The number of esters is 1. The van der Waals surface area contributed by atoms with Gasteiger partial charge in [-0.1, -0.05) is 43.3 Å². The van der Waals surface area contributed by atoms with E-state index >= 15 is 0 Å². The highest BCUT2D eigenvalue weighted by Gasteiger charge is 2.25. The fraction of sp³-hybridized carbons (Fsp3) is 0.222. The molecule has 3 heteroatoms. The van der Waals surface area contributed by atoms with Crippen LogP contribution >= 0.6 is 0 Å². The Hall–Kier alpha value is -2.42. The van der Waals surface area contributed by atoms with Gasteiger partial charge in [-0.3, -0.25) is 4.79 Å². The second-order valence-corrected chi connectivity index (χ2v) is 5.21. The first-order chi connectivity index (χ1) is 10.1. The van der Waals surface area contributed by atoms with Gasteiger partial charge in [-0.25, -0.2) is 4.79 Å². The topological polar surface area (TPSA) is 43.4 Å². The molecule has 0 saturated carbocycles. The Morgan fingerprint density at radius 1 is 1.10 bits per heavy atom. The summed E-state index contributed by atoms with van der Waals surface area (Å²) in [5.41, 5.74) is 5.45. The lowest BCUT2D eigenvalue weighted by molar-refractivity contribution is -0.146. The average molecular weight is 280 g/mol. The van der Waals surface area contributed by atoms with Crippen LogP contribution < -0.4 is 4.74 Å². The van der Waals surface area contributed by atoms with Crippen LogP contribution in [0.25, 0.3) is 11.1 Å². The normalized spacial score (nSPS) is 11.7. The van der Waals surface area contributed by atoms with Crippen molar-refractivity contribution in [2.75, 3.05) is 0 Å². The minimum Gasteiger partial charge on any atom is -0.420 e. The van der Waals surface area contributed by atoms with Gasteiger partial charge in [-0.15, -0.1) is 0 Å². The van der Waals surface area contributed by atoms with E-state index in [1.54, 1.807) is 0 Å². The third-order valence-electron chi connectivity index (χ3n) is 3.88. The molecule has 0 amide bonds. The summed E-state index contributed by atoms with van der Waals surface area (Å²) in [4.78, 5) is 22.9. The molecule has 0 aliphatic heterocycles. The first-order valence-corrected chi connectivity index (χ1v) is 7.07. The summed E-state index contributed by atoms with van der Waals surface area (Å²) in [7, 11) is 0. The molecule has 106 valence electrons. The van der Waals surface area contributed by atoms with Gasteiger partial charge < -0.3 is 4.74 Å². The summed E-state index contributed by atoms with van der Waals surface area (Å²) in [6, 6.07) is 12.2. The van der Waals surface area contributed by atoms with Crippen molar-refractivity contribution in [2.24, 2.45) is 0 Å². The van der Waals surface area contributed by atoms with Crippen molar-refractivity contribution < 1.29 is 14.3 Å². The molecule has 0 radical (unpaired) electrons. The zero-order valence-electron chi connectivity index (χ0n) is 12.1. The van der Waals surface area contributed by atoms with Crippen LogP contribution in [0, 0.1) is 0 Å². The number of rotatable bonds is 3. The van der Waals surface area contributed by atoms with E-state index in [0.29, 0.717) is 5.75 Å². The van der Waals surface area contributed by atoms with Gasteiger partial charge in [0, 0.05) is 18.9 Å². The summed E-state index contributed by atoms with van der Waals surface area (Å²) in [5.74, 6) is -0.814. The SMILES string of the molecule is CCc1ccc2c(c1OC(=O)C(C)=O)Cc1ccccc1-2. The molecule has 0 heterocycles. The molecule has 2 aromatic rings. The van der Waals surface area contributed by atoms with Crippen LogP contribution in [0.1, 0.15) is 30.5 Å². The van der Waals surface area contributed by atoms with Crippen LogP contribution in [-0.4, -0.2) is 11.8 Å². The van der Waals surface area contributed by atoms with Crippen molar-refractivity contribution in [2.45, 2.75) is 26.7 Å². The highest BCUT2D eigenvalue weighted by molar-refractivity contribution is 6.33. The van der Waals surface area contributed by atoms with Crippen LogP contribution in [0.15, 0.2) is 36.4 Å². The molecular weight excluding hydrogens is 264 g/mol. The molecule has 21 heavy (non-hydrogen) atoms. The molecule has 0 atom stereocenters. The number of fused-ring (bicyclic) bond motifs is 3. The molecular formula is C18H16O3. The van der Waals surface area contributed by atoms with E-state index in [0.717, 1.165) is 29.5 Å². The van der Waals surface area contributed by atoms with Crippen molar-refractivity contribution in [3.05, 3.63) is 53.1 Å².